The number of benzene rings is 1. The Hall–Kier alpha value is -2.57. The summed E-state index contributed by atoms with van der Waals surface area (Å²) in [7, 11) is 0. The maximum absolute atomic E-state index is 13.8. The number of hydrogen-bond donors (Lipinski definition) is 1. The van der Waals surface area contributed by atoms with Crippen LogP contribution in [0.2, 0.25) is 0 Å². The number of rotatable bonds is 7. The lowest BCUT2D eigenvalue weighted by molar-refractivity contribution is -0.132. The van der Waals surface area contributed by atoms with E-state index in [4.69, 9.17) is 4.74 Å². The Kier molecular flexibility index (Phi) is 7.70. The average molecular weight is 458 g/mol. The van der Waals surface area contributed by atoms with Crippen molar-refractivity contribution in [2.24, 2.45) is 0 Å². The fourth-order valence-electron chi connectivity index (χ4n) is 4.92. The molecule has 1 N–H and O–H groups in total. The zero-order valence-corrected chi connectivity index (χ0v) is 21.0. The molecule has 1 saturated carbocycles. The molecule has 1 heterocycles. The zero-order chi connectivity index (χ0) is 24.3. The molecule has 7 heteroatoms. The molecular weight excluding hydrogens is 418 g/mol. The minimum Gasteiger partial charge on any atom is -0.476 e. The van der Waals surface area contributed by atoms with Gasteiger partial charge in [-0.25, -0.2) is 0 Å². The molecule has 3 rings (SSSR count). The van der Waals surface area contributed by atoms with Crippen molar-refractivity contribution in [2.75, 3.05) is 18.0 Å². The second-order valence-corrected chi connectivity index (χ2v) is 10.0. The topological polar surface area (TPSA) is 79.0 Å². The number of anilines is 1. The summed E-state index contributed by atoms with van der Waals surface area (Å²) < 4.78 is 6.05. The quantitative estimate of drug-likeness (QED) is 0.665. The third-order valence-corrected chi connectivity index (χ3v) is 6.69. The van der Waals surface area contributed by atoms with Gasteiger partial charge in [-0.3, -0.25) is 14.4 Å². The van der Waals surface area contributed by atoms with Crippen LogP contribution in [0.15, 0.2) is 12.1 Å². The van der Waals surface area contributed by atoms with E-state index < -0.39 is 5.60 Å². The van der Waals surface area contributed by atoms with E-state index in [2.05, 4.69) is 19.2 Å². The molecular formula is C26H39N3O4. The van der Waals surface area contributed by atoms with E-state index in [1.807, 2.05) is 17.9 Å². The van der Waals surface area contributed by atoms with Crippen LogP contribution in [0, 0.1) is 6.92 Å². The first-order valence-electron chi connectivity index (χ1n) is 12.3. The molecule has 33 heavy (non-hydrogen) atoms. The van der Waals surface area contributed by atoms with Crippen LogP contribution >= 0.6 is 0 Å². The molecule has 0 radical (unpaired) electrons. The fourth-order valence-corrected chi connectivity index (χ4v) is 4.92. The Morgan fingerprint density at radius 3 is 2.48 bits per heavy atom. The van der Waals surface area contributed by atoms with Gasteiger partial charge in [0.1, 0.15) is 5.75 Å². The predicted molar refractivity (Wildman–Crippen MR) is 130 cm³/mol. The zero-order valence-electron chi connectivity index (χ0n) is 21.0. The lowest BCUT2D eigenvalue weighted by atomic mass is 9.92. The second-order valence-electron chi connectivity index (χ2n) is 10.0. The van der Waals surface area contributed by atoms with Crippen LogP contribution in [0.25, 0.3) is 0 Å². The van der Waals surface area contributed by atoms with Crippen LogP contribution in [0.4, 0.5) is 5.69 Å². The summed E-state index contributed by atoms with van der Waals surface area (Å²) in [5.74, 6) is 0.351. The Balaban J connectivity index is 1.96. The highest BCUT2D eigenvalue weighted by atomic mass is 16.5. The number of hydrogen-bond acceptors (Lipinski definition) is 4. The summed E-state index contributed by atoms with van der Waals surface area (Å²) in [6, 6.07) is 4.01. The molecule has 3 amide bonds. The molecule has 0 saturated heterocycles. The van der Waals surface area contributed by atoms with Crippen LogP contribution in [0.5, 0.6) is 5.75 Å². The first-order valence-corrected chi connectivity index (χ1v) is 12.3. The van der Waals surface area contributed by atoms with Gasteiger partial charge < -0.3 is 19.9 Å². The summed E-state index contributed by atoms with van der Waals surface area (Å²) in [6.07, 6.45) is 5.99. The highest BCUT2D eigenvalue weighted by Crippen LogP contribution is 2.40. The number of nitrogens with zero attached hydrogens (tertiary/aromatic N) is 2. The van der Waals surface area contributed by atoms with E-state index in [9.17, 15) is 14.4 Å². The Morgan fingerprint density at radius 2 is 1.88 bits per heavy atom. The number of amides is 3. The molecule has 2 aliphatic rings. The number of nitrogens with one attached hydrogen (secondary N) is 1. The van der Waals surface area contributed by atoms with E-state index in [0.29, 0.717) is 36.5 Å². The molecule has 182 valence electrons. The lowest BCUT2D eigenvalue weighted by Gasteiger charge is -2.40. The number of carbonyl (C=O) groups is 3. The molecule has 1 aliphatic heterocycles. The molecule has 1 fully saturated rings. The van der Waals surface area contributed by atoms with E-state index >= 15 is 0 Å². The first kappa shape index (κ1) is 25.1. The van der Waals surface area contributed by atoms with Gasteiger partial charge in [0.05, 0.1) is 5.69 Å². The Morgan fingerprint density at radius 1 is 1.21 bits per heavy atom. The van der Waals surface area contributed by atoms with Gasteiger partial charge in [0.25, 0.3) is 11.8 Å². The summed E-state index contributed by atoms with van der Waals surface area (Å²) >= 11 is 0. The van der Waals surface area contributed by atoms with E-state index in [1.54, 1.807) is 31.7 Å². The van der Waals surface area contributed by atoms with Gasteiger partial charge in [-0.2, -0.15) is 0 Å². The minimum absolute atomic E-state index is 0.00807. The van der Waals surface area contributed by atoms with Crippen molar-refractivity contribution in [3.63, 3.8) is 0 Å². The normalized spacial score (nSPS) is 18.0. The van der Waals surface area contributed by atoms with E-state index in [0.717, 1.165) is 31.2 Å². The maximum atomic E-state index is 13.8. The van der Waals surface area contributed by atoms with Gasteiger partial charge in [-0.1, -0.05) is 26.2 Å². The van der Waals surface area contributed by atoms with Crippen molar-refractivity contribution in [2.45, 2.75) is 97.8 Å². The van der Waals surface area contributed by atoms with E-state index in [-0.39, 0.29) is 29.8 Å². The second kappa shape index (κ2) is 10.1. The number of fused-ring (bicyclic) bond motifs is 1. The average Bonchev–Trinajstić information content (AvgIpc) is 2.76. The van der Waals surface area contributed by atoms with Crippen LogP contribution in [-0.4, -0.2) is 53.4 Å². The van der Waals surface area contributed by atoms with Crippen molar-refractivity contribution in [1.29, 1.82) is 0 Å². The lowest BCUT2D eigenvalue weighted by Crippen LogP contribution is -2.54. The van der Waals surface area contributed by atoms with Gasteiger partial charge in [-0.05, 0) is 65.2 Å². The maximum Gasteiger partial charge on any atom is 0.270 e. The predicted octanol–water partition coefficient (Wildman–Crippen LogP) is 4.21. The summed E-state index contributed by atoms with van der Waals surface area (Å²) in [5, 5.41) is 2.83. The molecule has 1 aromatic rings. The third kappa shape index (κ3) is 5.33. The summed E-state index contributed by atoms with van der Waals surface area (Å²) in [4.78, 5) is 42.3. The van der Waals surface area contributed by atoms with Crippen LogP contribution in [0.3, 0.4) is 0 Å². The Labute approximate surface area is 197 Å². The molecule has 1 aromatic carbocycles. The van der Waals surface area contributed by atoms with Crippen LogP contribution < -0.4 is 15.0 Å². The number of aryl methyl sites for hydroxylation is 1. The monoisotopic (exact) mass is 457 g/mol. The minimum atomic E-state index is -1.02. The largest absolute Gasteiger partial charge is 0.476 e. The highest BCUT2D eigenvalue weighted by Gasteiger charge is 2.41. The van der Waals surface area contributed by atoms with Gasteiger partial charge in [0.15, 0.2) is 5.60 Å². The molecule has 0 atom stereocenters. The molecule has 0 spiro atoms. The highest BCUT2D eigenvalue weighted by molar-refractivity contribution is 6.05. The van der Waals surface area contributed by atoms with Gasteiger partial charge >= 0.3 is 0 Å². The summed E-state index contributed by atoms with van der Waals surface area (Å²) in [6.45, 7) is 12.0. The molecule has 1 aliphatic carbocycles. The van der Waals surface area contributed by atoms with E-state index in [1.165, 1.54) is 6.42 Å². The summed E-state index contributed by atoms with van der Waals surface area (Å²) in [5.41, 5.74) is 1.01. The van der Waals surface area contributed by atoms with Gasteiger partial charge in [-0.15, -0.1) is 0 Å². The molecule has 0 bridgehead atoms. The fraction of sp³-hybridized carbons (Fsp3) is 0.654. The molecule has 0 unspecified atom stereocenters. The van der Waals surface area contributed by atoms with Crippen molar-refractivity contribution in [1.82, 2.24) is 10.2 Å². The van der Waals surface area contributed by atoms with Crippen molar-refractivity contribution in [3.8, 4) is 5.75 Å². The van der Waals surface area contributed by atoms with Gasteiger partial charge in [0, 0.05) is 37.2 Å². The molecule has 0 aromatic heterocycles. The van der Waals surface area contributed by atoms with Crippen molar-refractivity contribution < 1.29 is 19.1 Å². The Bertz CT molecular complexity index is 903. The van der Waals surface area contributed by atoms with Crippen LogP contribution in [0.1, 0.15) is 89.1 Å². The third-order valence-electron chi connectivity index (χ3n) is 6.69. The number of ether oxygens (including phenoxy) is 1. The smallest absolute Gasteiger partial charge is 0.270 e. The first-order chi connectivity index (χ1) is 15.6. The standard InChI is InChI=1S/C26H39N3O4/c1-7-23(30)27-13-14-28-21-16-20(18(4)15-22(21)33-26(5,6)25(28)32)24(31)29(17(2)3)19-11-9-8-10-12-19/h15-17,19H,7-14H2,1-6H3,(H,27,30). The number of carbonyl (C=O) groups excluding carboxylic acids is 3. The van der Waals surface area contributed by atoms with Crippen molar-refractivity contribution >= 4 is 23.4 Å². The van der Waals surface area contributed by atoms with Crippen molar-refractivity contribution in [3.05, 3.63) is 23.3 Å². The van der Waals surface area contributed by atoms with Gasteiger partial charge in [0.2, 0.25) is 5.91 Å². The van der Waals surface area contributed by atoms with Crippen LogP contribution in [-0.2, 0) is 9.59 Å². The molecule has 7 nitrogen and oxygen atoms in total. The SMILES string of the molecule is CCC(=O)NCCN1C(=O)C(C)(C)Oc2cc(C)c(C(=O)N(C(C)C)C3CCCCC3)cc21.